The van der Waals surface area contributed by atoms with Crippen LogP contribution in [0.5, 0.6) is 0 Å². The fraction of sp³-hybridized carbons (Fsp3) is 0.167. The molecule has 0 bridgehead atoms. The summed E-state index contributed by atoms with van der Waals surface area (Å²) in [4.78, 5) is 34.1. The molecule has 0 unspecified atom stereocenters. The third-order valence-electron chi connectivity index (χ3n) is 2.32. The van der Waals surface area contributed by atoms with Gasteiger partial charge in [0, 0.05) is 30.1 Å². The Balaban J connectivity index is 0.000000381. The van der Waals surface area contributed by atoms with E-state index in [2.05, 4.69) is 14.5 Å². The fourth-order valence-electron chi connectivity index (χ4n) is 1.28. The van der Waals surface area contributed by atoms with E-state index in [-0.39, 0.29) is 6.73 Å². The van der Waals surface area contributed by atoms with Crippen LogP contribution in [0.3, 0.4) is 0 Å². The second-order valence-electron chi connectivity index (χ2n) is 4.21. The summed E-state index contributed by atoms with van der Waals surface area (Å²) in [7, 11) is -4.45. The van der Waals surface area contributed by atoms with Gasteiger partial charge in [0.05, 0.1) is 0 Å². The summed E-state index contributed by atoms with van der Waals surface area (Å²) in [6.07, 6.45) is 1.34. The number of carboxylic acids is 1. The molecule has 25 heavy (non-hydrogen) atoms. The Kier molecular flexibility index (Phi) is 7.12. The molecule has 13 heteroatoms. The highest BCUT2D eigenvalue weighted by Gasteiger charge is 2.28. The lowest BCUT2D eigenvalue weighted by Gasteiger charge is -2.03. The van der Waals surface area contributed by atoms with Gasteiger partial charge in [-0.2, -0.15) is 17.7 Å². The molecule has 136 valence electrons. The molecule has 2 rings (SSSR count). The Morgan fingerprint density at radius 3 is 2.12 bits per heavy atom. The Labute approximate surface area is 138 Å². The van der Waals surface area contributed by atoms with Crippen LogP contribution in [0.2, 0.25) is 0 Å². The molecule has 2 aromatic heterocycles. The molecule has 2 N–H and O–H groups in total. The smallest absolute Gasteiger partial charge is 0.474 e. The molecular formula is C12H11F3N3O6P. The van der Waals surface area contributed by atoms with Crippen molar-refractivity contribution in [3.8, 4) is 11.4 Å². The first-order valence-electron chi connectivity index (χ1n) is 6.24. The van der Waals surface area contributed by atoms with Gasteiger partial charge in [-0.1, -0.05) is 0 Å². The zero-order chi connectivity index (χ0) is 19.1. The Morgan fingerprint density at radius 2 is 1.72 bits per heavy atom. The topological polar surface area (TPSA) is 137 Å². The fourth-order valence-corrected chi connectivity index (χ4v) is 1.57. The summed E-state index contributed by atoms with van der Waals surface area (Å²) in [5.74, 6) is -2.42. The molecule has 0 amide bonds. The summed E-state index contributed by atoms with van der Waals surface area (Å²) in [6.45, 7) is -0.222. The summed E-state index contributed by atoms with van der Waals surface area (Å²) in [5, 5.41) is 8.78. The van der Waals surface area contributed by atoms with Crippen LogP contribution in [0.1, 0.15) is 0 Å². The maximum absolute atomic E-state index is 10.5. The lowest BCUT2D eigenvalue weighted by Crippen LogP contribution is -2.37. The van der Waals surface area contributed by atoms with Crippen LogP contribution in [-0.4, -0.2) is 31.9 Å². The van der Waals surface area contributed by atoms with Crippen LogP contribution in [0.15, 0.2) is 43.0 Å². The summed E-state index contributed by atoms with van der Waals surface area (Å²) in [5.41, 5.74) is 0.808. The second-order valence-corrected chi connectivity index (χ2v) is 5.45. The first-order valence-corrected chi connectivity index (χ1v) is 7.77. The summed E-state index contributed by atoms with van der Waals surface area (Å²) >= 11 is 0. The number of alkyl halides is 3. The molecule has 0 saturated carbocycles. The predicted octanol–water partition coefficient (Wildman–Crippen LogP) is -0.204. The zero-order valence-electron chi connectivity index (χ0n) is 12.2. The molecule has 0 fully saturated rings. The quantitative estimate of drug-likeness (QED) is 0.549. The molecule has 2 heterocycles. The number of rotatable bonds is 4. The molecule has 0 radical (unpaired) electrons. The number of hydrogen-bond acceptors (Lipinski definition) is 6. The highest BCUT2D eigenvalue weighted by Crippen LogP contribution is 2.35. The van der Waals surface area contributed by atoms with Crippen molar-refractivity contribution in [1.82, 2.24) is 9.97 Å². The number of nitrogens with zero attached hydrogens (tertiary/aromatic N) is 3. The largest absolute Gasteiger partial charge is 0.542 e. The van der Waals surface area contributed by atoms with E-state index in [0.717, 1.165) is 5.56 Å². The summed E-state index contributed by atoms with van der Waals surface area (Å²) in [6, 6.07) is 5.19. The number of carboxylic acid groups (broad SMARTS) is 1. The lowest BCUT2D eigenvalue weighted by molar-refractivity contribution is -0.725. The molecule has 2 aromatic rings. The standard InChI is InChI=1S/C10H10N3O4P.C2HF3O2/c14-18(15,16)17-8-13-6-2-9(3-7-13)10-11-4-1-5-12-10;3-2(4,5)1(6)7/h1-7H,8H2,(H-,14,15,16);(H,6,7). The number of halogens is 3. The highest BCUT2D eigenvalue weighted by molar-refractivity contribution is 7.46. The average molecular weight is 381 g/mol. The van der Waals surface area contributed by atoms with E-state index in [4.69, 9.17) is 19.7 Å². The molecule has 0 saturated heterocycles. The van der Waals surface area contributed by atoms with Gasteiger partial charge in [0.1, 0.15) is 5.97 Å². The SMILES string of the molecule is O=C([O-])C(F)(F)F.O=P(O)(O)OC[n+]1ccc(-c2ncccn2)cc1. The third-order valence-corrected chi connectivity index (χ3v) is 2.77. The molecule has 0 spiro atoms. The van der Waals surface area contributed by atoms with Crippen LogP contribution < -0.4 is 9.67 Å². The summed E-state index contributed by atoms with van der Waals surface area (Å²) < 4.78 is 47.9. The Morgan fingerprint density at radius 1 is 1.24 bits per heavy atom. The van der Waals surface area contributed by atoms with Gasteiger partial charge < -0.3 is 19.7 Å². The van der Waals surface area contributed by atoms with Crippen molar-refractivity contribution in [2.24, 2.45) is 0 Å². The minimum Gasteiger partial charge on any atom is -0.542 e. The van der Waals surface area contributed by atoms with Gasteiger partial charge >= 0.3 is 14.0 Å². The van der Waals surface area contributed by atoms with E-state index in [0.29, 0.717) is 5.82 Å². The first kappa shape index (κ1) is 20.6. The third kappa shape index (κ3) is 8.31. The zero-order valence-corrected chi connectivity index (χ0v) is 13.1. The number of aromatic nitrogens is 3. The van der Waals surface area contributed by atoms with Crippen molar-refractivity contribution in [3.63, 3.8) is 0 Å². The number of phosphoric ester groups is 1. The molecule has 0 aliphatic rings. The number of pyridine rings is 1. The first-order chi connectivity index (χ1) is 11.5. The minimum absolute atomic E-state index is 0.222. The monoisotopic (exact) mass is 381 g/mol. The number of carbonyl (C=O) groups excluding carboxylic acids is 1. The van der Waals surface area contributed by atoms with E-state index in [1.165, 1.54) is 4.57 Å². The number of aliphatic carboxylic acids is 1. The van der Waals surface area contributed by atoms with Crippen molar-refractivity contribution >= 4 is 13.8 Å². The van der Waals surface area contributed by atoms with Crippen LogP contribution in [0, 0.1) is 0 Å². The minimum atomic E-state index is -5.19. The molecule has 0 atom stereocenters. The maximum atomic E-state index is 10.5. The van der Waals surface area contributed by atoms with E-state index in [9.17, 15) is 17.7 Å². The van der Waals surface area contributed by atoms with Gasteiger partial charge in [-0.15, -0.1) is 0 Å². The van der Waals surface area contributed by atoms with Crippen molar-refractivity contribution in [2.45, 2.75) is 12.9 Å². The molecular weight excluding hydrogens is 370 g/mol. The Bertz CT molecular complexity index is 736. The molecule has 0 aromatic carbocycles. The number of carbonyl (C=O) groups is 1. The lowest BCUT2D eigenvalue weighted by atomic mass is 10.2. The normalized spacial score (nSPS) is 11.4. The van der Waals surface area contributed by atoms with Gasteiger partial charge in [0.25, 0.3) is 6.73 Å². The van der Waals surface area contributed by atoms with Gasteiger partial charge in [-0.25, -0.2) is 19.1 Å². The van der Waals surface area contributed by atoms with Gasteiger partial charge in [-0.3, -0.25) is 0 Å². The van der Waals surface area contributed by atoms with Crippen molar-refractivity contribution in [3.05, 3.63) is 43.0 Å². The molecule has 0 aliphatic carbocycles. The van der Waals surface area contributed by atoms with Gasteiger partial charge in [0.2, 0.25) is 0 Å². The van der Waals surface area contributed by atoms with Crippen LogP contribution in [0.25, 0.3) is 11.4 Å². The maximum Gasteiger partial charge on any atom is 0.474 e. The number of hydrogen-bond donors (Lipinski definition) is 2. The van der Waals surface area contributed by atoms with E-state index in [1.54, 1.807) is 43.0 Å². The van der Waals surface area contributed by atoms with Crippen molar-refractivity contribution < 1.29 is 46.5 Å². The van der Waals surface area contributed by atoms with E-state index >= 15 is 0 Å². The van der Waals surface area contributed by atoms with Crippen molar-refractivity contribution in [1.29, 1.82) is 0 Å². The van der Waals surface area contributed by atoms with Crippen LogP contribution in [0.4, 0.5) is 13.2 Å². The second kappa shape index (κ2) is 8.62. The van der Waals surface area contributed by atoms with Gasteiger partial charge in [-0.05, 0) is 6.07 Å². The van der Waals surface area contributed by atoms with E-state index < -0.39 is 20.0 Å². The van der Waals surface area contributed by atoms with E-state index in [1.807, 2.05) is 0 Å². The predicted molar refractivity (Wildman–Crippen MR) is 71.9 cm³/mol. The highest BCUT2D eigenvalue weighted by atomic mass is 31.2. The Hall–Kier alpha value is -2.40. The van der Waals surface area contributed by atoms with Crippen molar-refractivity contribution in [2.75, 3.05) is 0 Å². The number of phosphoric acid groups is 1. The van der Waals surface area contributed by atoms with Crippen LogP contribution >= 0.6 is 7.82 Å². The van der Waals surface area contributed by atoms with Gasteiger partial charge in [0.15, 0.2) is 18.2 Å². The average Bonchev–Trinajstić information content (AvgIpc) is 2.53. The molecule has 9 nitrogen and oxygen atoms in total. The molecule has 0 aliphatic heterocycles. The van der Waals surface area contributed by atoms with Crippen LogP contribution in [-0.2, 0) is 20.6 Å².